The van der Waals surface area contributed by atoms with E-state index in [4.69, 9.17) is 9.47 Å². The van der Waals surface area contributed by atoms with Crippen LogP contribution in [0.5, 0.6) is 0 Å². The molecule has 2 saturated heterocycles. The Labute approximate surface area is 103 Å². The van der Waals surface area contributed by atoms with Crippen molar-refractivity contribution in [2.75, 3.05) is 6.61 Å². The minimum Gasteiger partial charge on any atom is -0.466 e. The Balaban J connectivity index is 1.58. The zero-order valence-corrected chi connectivity index (χ0v) is 10.6. The fourth-order valence-corrected chi connectivity index (χ4v) is 3.61. The molecule has 3 aliphatic rings. The van der Waals surface area contributed by atoms with Gasteiger partial charge in [-0.1, -0.05) is 0 Å². The molecule has 2 bridgehead atoms. The molecular weight excluding hydrogens is 216 g/mol. The summed E-state index contributed by atoms with van der Waals surface area (Å²) in [5.41, 5.74) is -0.0997. The van der Waals surface area contributed by atoms with E-state index in [1.54, 1.807) is 0 Å². The van der Waals surface area contributed by atoms with Crippen LogP contribution in [-0.2, 0) is 14.3 Å². The highest BCUT2D eigenvalue weighted by atomic mass is 16.5. The Hall–Kier alpha value is -0.570. The molecule has 0 aromatic heterocycles. The van der Waals surface area contributed by atoms with Crippen molar-refractivity contribution in [2.24, 2.45) is 11.3 Å². The lowest BCUT2D eigenvalue weighted by Crippen LogP contribution is -2.29. The van der Waals surface area contributed by atoms with Gasteiger partial charge in [0.1, 0.15) is 0 Å². The van der Waals surface area contributed by atoms with Crippen LogP contribution in [0.3, 0.4) is 0 Å². The number of rotatable bonds is 4. The fourth-order valence-electron chi connectivity index (χ4n) is 3.61. The molecule has 0 aromatic rings. The maximum Gasteiger partial charge on any atom is 0.312 e. The lowest BCUT2D eigenvalue weighted by atomic mass is 9.84. The molecule has 1 aliphatic carbocycles. The highest BCUT2D eigenvalue weighted by Gasteiger charge is 2.53. The second kappa shape index (κ2) is 4.27. The van der Waals surface area contributed by atoms with Gasteiger partial charge in [0.05, 0.1) is 24.2 Å². The van der Waals surface area contributed by atoms with Gasteiger partial charge < -0.3 is 9.47 Å². The third-order valence-corrected chi connectivity index (χ3v) is 4.63. The second-order valence-corrected chi connectivity index (χ2v) is 6.00. The summed E-state index contributed by atoms with van der Waals surface area (Å²) in [5.74, 6) is 0.743. The lowest BCUT2D eigenvalue weighted by molar-refractivity contribution is -0.151. The summed E-state index contributed by atoms with van der Waals surface area (Å²) < 4.78 is 11.1. The Morgan fingerprint density at radius 1 is 1.29 bits per heavy atom. The zero-order chi connectivity index (χ0) is 11.9. The summed E-state index contributed by atoms with van der Waals surface area (Å²) in [6.07, 6.45) is 8.88. The van der Waals surface area contributed by atoms with Crippen molar-refractivity contribution >= 4 is 5.97 Å². The molecule has 3 nitrogen and oxygen atoms in total. The van der Waals surface area contributed by atoms with Crippen molar-refractivity contribution in [3.05, 3.63) is 0 Å². The molecular formula is C14H22O3. The summed E-state index contributed by atoms with van der Waals surface area (Å²) in [4.78, 5) is 11.9. The van der Waals surface area contributed by atoms with Crippen molar-refractivity contribution in [2.45, 2.75) is 64.1 Å². The van der Waals surface area contributed by atoms with Crippen LogP contribution in [0.4, 0.5) is 0 Å². The molecule has 0 N–H and O–H groups in total. The molecule has 96 valence electrons. The van der Waals surface area contributed by atoms with Gasteiger partial charge >= 0.3 is 5.97 Å². The number of carbonyl (C=O) groups excluding carboxylic acids is 1. The van der Waals surface area contributed by atoms with Crippen LogP contribution in [0.1, 0.15) is 51.9 Å². The number of esters is 1. The summed E-state index contributed by atoms with van der Waals surface area (Å²) in [5, 5.41) is 0. The van der Waals surface area contributed by atoms with E-state index >= 15 is 0 Å². The van der Waals surface area contributed by atoms with E-state index in [0.29, 0.717) is 24.7 Å². The molecule has 17 heavy (non-hydrogen) atoms. The van der Waals surface area contributed by atoms with Crippen LogP contribution in [0.25, 0.3) is 0 Å². The average molecular weight is 238 g/mol. The highest BCUT2D eigenvalue weighted by Crippen LogP contribution is 2.54. The largest absolute Gasteiger partial charge is 0.466 e. The van der Waals surface area contributed by atoms with E-state index in [2.05, 4.69) is 0 Å². The maximum absolute atomic E-state index is 11.9. The second-order valence-electron chi connectivity index (χ2n) is 6.00. The maximum atomic E-state index is 11.9. The van der Waals surface area contributed by atoms with Gasteiger partial charge in [-0.05, 0) is 57.8 Å². The van der Waals surface area contributed by atoms with E-state index in [-0.39, 0.29) is 11.4 Å². The quantitative estimate of drug-likeness (QED) is 0.706. The Kier molecular flexibility index (Phi) is 2.89. The van der Waals surface area contributed by atoms with Crippen molar-refractivity contribution in [1.29, 1.82) is 0 Å². The standard InChI is InChI=1S/C14H22O3/c1-2-16-13(15)14(5-6-14)9-10-7-11-3-4-12(8-10)17-11/h10-12H,2-9H2,1H3. The summed E-state index contributed by atoms with van der Waals surface area (Å²) in [6, 6.07) is 0. The molecule has 2 atom stereocenters. The first-order chi connectivity index (χ1) is 8.22. The summed E-state index contributed by atoms with van der Waals surface area (Å²) in [6.45, 7) is 2.41. The van der Waals surface area contributed by atoms with Crippen molar-refractivity contribution in [3.63, 3.8) is 0 Å². The molecule has 3 fully saturated rings. The van der Waals surface area contributed by atoms with E-state index in [1.807, 2.05) is 6.92 Å². The number of ether oxygens (including phenoxy) is 2. The molecule has 0 aromatic carbocycles. The first kappa shape index (κ1) is 11.5. The normalized spacial score (nSPS) is 37.8. The predicted molar refractivity (Wildman–Crippen MR) is 63.5 cm³/mol. The molecule has 3 heteroatoms. The minimum atomic E-state index is -0.0997. The van der Waals surface area contributed by atoms with Crippen LogP contribution >= 0.6 is 0 Å². The van der Waals surface area contributed by atoms with Crippen LogP contribution in [0, 0.1) is 11.3 Å². The third-order valence-electron chi connectivity index (χ3n) is 4.63. The van der Waals surface area contributed by atoms with Gasteiger partial charge in [0, 0.05) is 0 Å². The number of hydrogen-bond donors (Lipinski definition) is 0. The number of fused-ring (bicyclic) bond motifs is 2. The Morgan fingerprint density at radius 3 is 2.47 bits per heavy atom. The van der Waals surface area contributed by atoms with E-state index < -0.39 is 0 Å². The molecule has 2 aliphatic heterocycles. The predicted octanol–water partition coefficient (Wildman–Crippen LogP) is 2.68. The first-order valence-corrected chi connectivity index (χ1v) is 7.04. The Morgan fingerprint density at radius 2 is 1.94 bits per heavy atom. The minimum absolute atomic E-state index is 0.0545. The average Bonchev–Trinajstić information content (AvgIpc) is 3.00. The third kappa shape index (κ3) is 2.22. The molecule has 0 radical (unpaired) electrons. The van der Waals surface area contributed by atoms with Crippen molar-refractivity contribution in [1.82, 2.24) is 0 Å². The molecule has 0 spiro atoms. The molecule has 0 amide bonds. The topological polar surface area (TPSA) is 35.5 Å². The van der Waals surface area contributed by atoms with Gasteiger partial charge in [0.15, 0.2) is 0 Å². The number of hydrogen-bond acceptors (Lipinski definition) is 3. The number of carbonyl (C=O) groups is 1. The van der Waals surface area contributed by atoms with E-state index in [9.17, 15) is 4.79 Å². The van der Waals surface area contributed by atoms with Crippen LogP contribution < -0.4 is 0 Å². The van der Waals surface area contributed by atoms with Crippen LogP contribution in [-0.4, -0.2) is 24.8 Å². The molecule has 2 heterocycles. The first-order valence-electron chi connectivity index (χ1n) is 7.04. The van der Waals surface area contributed by atoms with Crippen molar-refractivity contribution < 1.29 is 14.3 Å². The lowest BCUT2D eigenvalue weighted by Gasteiger charge is -2.30. The molecule has 1 saturated carbocycles. The van der Waals surface area contributed by atoms with Gasteiger partial charge in [-0.25, -0.2) is 0 Å². The zero-order valence-electron chi connectivity index (χ0n) is 10.6. The Bertz CT molecular complexity index is 297. The fraction of sp³-hybridized carbons (Fsp3) is 0.929. The summed E-state index contributed by atoms with van der Waals surface area (Å²) in [7, 11) is 0. The van der Waals surface area contributed by atoms with E-state index in [1.165, 1.54) is 12.8 Å². The monoisotopic (exact) mass is 238 g/mol. The van der Waals surface area contributed by atoms with Gasteiger partial charge in [0.25, 0.3) is 0 Å². The van der Waals surface area contributed by atoms with Crippen LogP contribution in [0.2, 0.25) is 0 Å². The SMILES string of the molecule is CCOC(=O)C1(CC2CC3CCC(C2)O3)CC1. The van der Waals surface area contributed by atoms with Gasteiger partial charge in [0.2, 0.25) is 0 Å². The smallest absolute Gasteiger partial charge is 0.312 e. The van der Waals surface area contributed by atoms with Gasteiger partial charge in [-0.2, -0.15) is 0 Å². The summed E-state index contributed by atoms with van der Waals surface area (Å²) >= 11 is 0. The van der Waals surface area contributed by atoms with Gasteiger partial charge in [-0.15, -0.1) is 0 Å². The van der Waals surface area contributed by atoms with Gasteiger partial charge in [-0.3, -0.25) is 4.79 Å². The van der Waals surface area contributed by atoms with E-state index in [0.717, 1.165) is 32.1 Å². The van der Waals surface area contributed by atoms with Crippen LogP contribution in [0.15, 0.2) is 0 Å². The van der Waals surface area contributed by atoms with Crippen molar-refractivity contribution in [3.8, 4) is 0 Å². The highest BCUT2D eigenvalue weighted by molar-refractivity contribution is 5.79. The molecule has 2 unspecified atom stereocenters. The molecule has 3 rings (SSSR count).